The van der Waals surface area contributed by atoms with Crippen LogP contribution in [0.1, 0.15) is 64.2 Å². The van der Waals surface area contributed by atoms with Gasteiger partial charge in [0.1, 0.15) is 22.8 Å². The summed E-state index contributed by atoms with van der Waals surface area (Å²) in [6.07, 6.45) is 5.56. The van der Waals surface area contributed by atoms with E-state index in [4.69, 9.17) is 4.74 Å². The Bertz CT molecular complexity index is 1540. The first-order valence-corrected chi connectivity index (χ1v) is 14.2. The Morgan fingerprint density at radius 3 is 2.31 bits per heavy atom. The number of nitrogens with one attached hydrogen (secondary N) is 2. The number of nitrogens with zero attached hydrogens (tertiary/aromatic N) is 3. The van der Waals surface area contributed by atoms with Gasteiger partial charge in [-0.05, 0) is 86.4 Å². The van der Waals surface area contributed by atoms with Crippen molar-refractivity contribution in [2.75, 3.05) is 0 Å². The largest absolute Gasteiger partial charge is 0.438 e. The molecular formula is C33H35FN5O3. The highest BCUT2D eigenvalue weighted by Crippen LogP contribution is 2.29. The molecule has 1 fully saturated rings. The summed E-state index contributed by atoms with van der Waals surface area (Å²) in [6, 6.07) is 18.5. The third-order valence-electron chi connectivity index (χ3n) is 7.61. The molecule has 217 valence electrons. The summed E-state index contributed by atoms with van der Waals surface area (Å²) in [5.74, 6) is -0.760. The second-order valence-electron chi connectivity index (χ2n) is 10.7. The van der Waals surface area contributed by atoms with E-state index in [-0.39, 0.29) is 29.4 Å². The van der Waals surface area contributed by atoms with Gasteiger partial charge in [0.05, 0.1) is 6.20 Å². The van der Waals surface area contributed by atoms with Crippen molar-refractivity contribution >= 4 is 11.8 Å². The van der Waals surface area contributed by atoms with E-state index in [1.165, 1.54) is 5.56 Å². The standard InChI is InChI=1S/C33H35FN5O3/c1-4-6-22-9-11-23(12-10-22)24-7-5-8-28(18-24)42-33-29(19-25(34)20-35-33)31(40)36-26-13-15-27(16-14-26)37-32(41)30-17-21(2)39(3)38-30/h5,7-12,17-20,26-27H,1,4,6,13-16H2,2-3H3,(H,36,40)(H,37,41)/t26-,27-. The minimum atomic E-state index is -0.625. The first-order chi connectivity index (χ1) is 20.3. The Morgan fingerprint density at radius 2 is 1.67 bits per heavy atom. The molecule has 0 bridgehead atoms. The molecule has 0 unspecified atom stereocenters. The second-order valence-corrected chi connectivity index (χ2v) is 10.7. The van der Waals surface area contributed by atoms with Gasteiger partial charge in [-0.3, -0.25) is 14.3 Å². The lowest BCUT2D eigenvalue weighted by atomic mass is 9.91. The average molecular weight is 569 g/mol. The van der Waals surface area contributed by atoms with Gasteiger partial charge in [0.25, 0.3) is 11.8 Å². The summed E-state index contributed by atoms with van der Waals surface area (Å²) >= 11 is 0. The van der Waals surface area contributed by atoms with Crippen molar-refractivity contribution in [3.8, 4) is 22.8 Å². The topological polar surface area (TPSA) is 98.1 Å². The molecule has 8 nitrogen and oxygen atoms in total. The highest BCUT2D eigenvalue weighted by molar-refractivity contribution is 5.96. The van der Waals surface area contributed by atoms with Crippen molar-refractivity contribution in [2.45, 2.75) is 57.5 Å². The van der Waals surface area contributed by atoms with Crippen LogP contribution in [-0.4, -0.2) is 38.7 Å². The molecule has 0 saturated heterocycles. The lowest BCUT2D eigenvalue weighted by molar-refractivity contribution is 0.0887. The number of halogens is 1. The number of aryl methyl sites for hydroxylation is 3. The fourth-order valence-electron chi connectivity index (χ4n) is 5.17. The van der Waals surface area contributed by atoms with Crippen LogP contribution in [0.5, 0.6) is 11.6 Å². The van der Waals surface area contributed by atoms with Gasteiger partial charge in [0, 0.05) is 24.8 Å². The fraction of sp³-hybridized carbons (Fsp3) is 0.303. The Labute approximate surface area is 245 Å². The Kier molecular flexibility index (Phi) is 8.95. The molecule has 1 aliphatic rings. The number of aromatic nitrogens is 3. The van der Waals surface area contributed by atoms with Crippen molar-refractivity contribution in [3.05, 3.63) is 102 Å². The number of ether oxygens (including phenoxy) is 1. The van der Waals surface area contributed by atoms with Crippen LogP contribution in [0.25, 0.3) is 11.1 Å². The van der Waals surface area contributed by atoms with Crippen LogP contribution in [0, 0.1) is 19.7 Å². The number of carbonyl (C=O) groups is 2. The van der Waals surface area contributed by atoms with E-state index >= 15 is 0 Å². The number of rotatable bonds is 9. The minimum Gasteiger partial charge on any atom is -0.438 e. The maximum atomic E-state index is 14.2. The minimum absolute atomic E-state index is 0.00479. The van der Waals surface area contributed by atoms with Gasteiger partial charge >= 0.3 is 0 Å². The maximum Gasteiger partial charge on any atom is 0.272 e. The summed E-state index contributed by atoms with van der Waals surface area (Å²) < 4.78 is 21.9. The molecule has 1 aliphatic carbocycles. The predicted octanol–water partition coefficient (Wildman–Crippen LogP) is 5.96. The quantitative estimate of drug-likeness (QED) is 0.260. The summed E-state index contributed by atoms with van der Waals surface area (Å²) in [6.45, 7) is 5.80. The highest BCUT2D eigenvalue weighted by atomic mass is 19.1. The van der Waals surface area contributed by atoms with Gasteiger partial charge < -0.3 is 15.4 Å². The number of pyridine rings is 1. The SMILES string of the molecule is [CH2]CCc1ccc(-c2cccc(Oc3ncc(F)cc3C(=O)N[C@H]3CC[C@H](NC(=O)c4cc(C)n(C)n4)CC3)c2)cc1. The average Bonchev–Trinajstić information content (AvgIpc) is 3.33. The number of hydrogen-bond acceptors (Lipinski definition) is 5. The van der Waals surface area contributed by atoms with Crippen LogP contribution >= 0.6 is 0 Å². The van der Waals surface area contributed by atoms with Crippen LogP contribution in [0.15, 0.2) is 66.9 Å². The van der Waals surface area contributed by atoms with E-state index in [1.807, 2.05) is 25.1 Å². The zero-order valence-electron chi connectivity index (χ0n) is 23.9. The Morgan fingerprint density at radius 1 is 0.976 bits per heavy atom. The number of benzene rings is 2. The molecule has 0 aliphatic heterocycles. The van der Waals surface area contributed by atoms with E-state index in [0.29, 0.717) is 37.1 Å². The number of hydrogen-bond donors (Lipinski definition) is 2. The van der Waals surface area contributed by atoms with Crippen molar-refractivity contribution in [1.29, 1.82) is 0 Å². The molecule has 2 heterocycles. The first-order valence-electron chi connectivity index (χ1n) is 14.2. The summed E-state index contributed by atoms with van der Waals surface area (Å²) in [5, 5.41) is 10.3. The summed E-state index contributed by atoms with van der Waals surface area (Å²) in [4.78, 5) is 29.9. The number of amides is 2. The predicted molar refractivity (Wildman–Crippen MR) is 159 cm³/mol. The monoisotopic (exact) mass is 568 g/mol. The Hall–Kier alpha value is -4.53. The van der Waals surface area contributed by atoms with Crippen molar-refractivity contribution in [3.63, 3.8) is 0 Å². The molecule has 1 saturated carbocycles. The van der Waals surface area contributed by atoms with E-state index in [0.717, 1.165) is 41.9 Å². The van der Waals surface area contributed by atoms with Crippen molar-refractivity contribution < 1.29 is 18.7 Å². The third-order valence-corrected chi connectivity index (χ3v) is 7.61. The van der Waals surface area contributed by atoms with Gasteiger partial charge in [-0.15, -0.1) is 0 Å². The molecule has 2 amide bonds. The van der Waals surface area contributed by atoms with E-state index in [1.54, 1.807) is 23.9 Å². The molecule has 2 aromatic heterocycles. The van der Waals surface area contributed by atoms with Crippen LogP contribution in [0.2, 0.25) is 0 Å². The van der Waals surface area contributed by atoms with Gasteiger partial charge in [-0.25, -0.2) is 9.37 Å². The molecule has 0 spiro atoms. The van der Waals surface area contributed by atoms with E-state index in [2.05, 4.69) is 51.9 Å². The maximum absolute atomic E-state index is 14.2. The van der Waals surface area contributed by atoms with Gasteiger partial charge in [-0.2, -0.15) is 5.10 Å². The highest BCUT2D eigenvalue weighted by Gasteiger charge is 2.26. The summed E-state index contributed by atoms with van der Waals surface area (Å²) in [7, 11) is 1.80. The molecule has 9 heteroatoms. The lowest BCUT2D eigenvalue weighted by Gasteiger charge is -2.29. The second kappa shape index (κ2) is 13.0. The van der Waals surface area contributed by atoms with Crippen molar-refractivity contribution in [1.82, 2.24) is 25.4 Å². The molecule has 5 rings (SSSR count). The first kappa shape index (κ1) is 29.0. The lowest BCUT2D eigenvalue weighted by Crippen LogP contribution is -2.44. The molecule has 4 aromatic rings. The molecule has 1 radical (unpaired) electrons. The Balaban J connectivity index is 1.21. The van der Waals surface area contributed by atoms with Crippen molar-refractivity contribution in [2.24, 2.45) is 7.05 Å². The van der Waals surface area contributed by atoms with Gasteiger partial charge in [-0.1, -0.05) is 43.3 Å². The zero-order chi connectivity index (χ0) is 29.6. The van der Waals surface area contributed by atoms with E-state index in [9.17, 15) is 14.0 Å². The van der Waals surface area contributed by atoms with Gasteiger partial charge in [0.2, 0.25) is 5.88 Å². The normalized spacial score (nSPS) is 16.6. The van der Waals surface area contributed by atoms with E-state index < -0.39 is 11.7 Å². The smallest absolute Gasteiger partial charge is 0.272 e. The molecule has 2 aromatic carbocycles. The van der Waals surface area contributed by atoms with Crippen LogP contribution in [0.4, 0.5) is 4.39 Å². The van der Waals surface area contributed by atoms with Crippen LogP contribution in [-0.2, 0) is 13.5 Å². The van der Waals surface area contributed by atoms with Crippen LogP contribution in [0.3, 0.4) is 0 Å². The molecule has 0 atom stereocenters. The molecule has 42 heavy (non-hydrogen) atoms. The molecule has 2 N–H and O–H groups in total. The number of carbonyl (C=O) groups excluding carboxylic acids is 2. The third kappa shape index (κ3) is 7.02. The summed E-state index contributed by atoms with van der Waals surface area (Å²) in [5.41, 5.74) is 4.53. The van der Waals surface area contributed by atoms with Gasteiger partial charge in [0.15, 0.2) is 0 Å². The van der Waals surface area contributed by atoms with Crippen LogP contribution < -0.4 is 15.4 Å². The fourth-order valence-corrected chi connectivity index (χ4v) is 5.17. The molecular weight excluding hydrogens is 533 g/mol. The zero-order valence-corrected chi connectivity index (χ0v) is 23.9.